The van der Waals surface area contributed by atoms with Crippen molar-refractivity contribution in [1.29, 1.82) is 0 Å². The SMILES string of the molecule is O=C(Nc1ccccc1)c1ccc(Sc2nnnn2-c2ccccc2)nn1. The number of benzene rings is 2. The lowest BCUT2D eigenvalue weighted by molar-refractivity contribution is 0.102. The van der Waals surface area contributed by atoms with Gasteiger partial charge in [0.1, 0.15) is 5.03 Å². The maximum Gasteiger partial charge on any atom is 0.276 e. The highest BCUT2D eigenvalue weighted by Gasteiger charge is 2.13. The van der Waals surface area contributed by atoms with E-state index >= 15 is 0 Å². The number of carbonyl (C=O) groups excluding carboxylic acids is 1. The number of hydrogen-bond donors (Lipinski definition) is 1. The van der Waals surface area contributed by atoms with E-state index in [2.05, 4.69) is 31.0 Å². The molecule has 8 nitrogen and oxygen atoms in total. The number of nitrogens with one attached hydrogen (secondary N) is 1. The molecule has 1 amide bonds. The zero-order chi connectivity index (χ0) is 18.5. The van der Waals surface area contributed by atoms with Gasteiger partial charge in [0.05, 0.1) is 5.69 Å². The van der Waals surface area contributed by atoms with Crippen LogP contribution in [0, 0.1) is 0 Å². The second-order valence-electron chi connectivity index (χ2n) is 5.39. The third-order valence-corrected chi connectivity index (χ3v) is 4.41. The van der Waals surface area contributed by atoms with Gasteiger partial charge in [0.15, 0.2) is 5.69 Å². The minimum atomic E-state index is -0.320. The Morgan fingerprint density at radius 3 is 2.30 bits per heavy atom. The summed E-state index contributed by atoms with van der Waals surface area (Å²) in [6.07, 6.45) is 0. The normalized spacial score (nSPS) is 10.5. The summed E-state index contributed by atoms with van der Waals surface area (Å²) in [5.74, 6) is -0.320. The molecule has 4 rings (SSSR count). The van der Waals surface area contributed by atoms with Crippen molar-refractivity contribution < 1.29 is 4.79 Å². The minimum absolute atomic E-state index is 0.228. The van der Waals surface area contributed by atoms with E-state index in [1.165, 1.54) is 11.8 Å². The van der Waals surface area contributed by atoms with E-state index in [1.807, 2.05) is 48.5 Å². The van der Waals surface area contributed by atoms with Gasteiger partial charge in [-0.05, 0) is 58.6 Å². The predicted octanol–water partition coefficient (Wildman–Crippen LogP) is 2.86. The van der Waals surface area contributed by atoms with Gasteiger partial charge in [-0.1, -0.05) is 36.4 Å². The van der Waals surface area contributed by atoms with Crippen LogP contribution in [0.3, 0.4) is 0 Å². The largest absolute Gasteiger partial charge is 0.321 e. The molecule has 132 valence electrons. The van der Waals surface area contributed by atoms with E-state index in [0.717, 1.165) is 5.69 Å². The quantitative estimate of drug-likeness (QED) is 0.573. The number of anilines is 1. The Morgan fingerprint density at radius 1 is 0.852 bits per heavy atom. The third-order valence-electron chi connectivity index (χ3n) is 3.54. The molecule has 2 aromatic heterocycles. The van der Waals surface area contributed by atoms with Gasteiger partial charge in [0.25, 0.3) is 5.91 Å². The molecule has 0 unspecified atom stereocenters. The molecule has 4 aromatic rings. The topological polar surface area (TPSA) is 98.5 Å². The summed E-state index contributed by atoms with van der Waals surface area (Å²) in [6.45, 7) is 0. The lowest BCUT2D eigenvalue weighted by atomic mass is 10.3. The maximum atomic E-state index is 12.2. The van der Waals surface area contributed by atoms with Crippen molar-refractivity contribution in [2.45, 2.75) is 10.2 Å². The van der Waals surface area contributed by atoms with E-state index in [-0.39, 0.29) is 11.6 Å². The van der Waals surface area contributed by atoms with E-state index in [0.29, 0.717) is 15.9 Å². The number of aromatic nitrogens is 6. The Labute approximate surface area is 158 Å². The Balaban J connectivity index is 1.48. The van der Waals surface area contributed by atoms with Crippen LogP contribution in [0.15, 0.2) is 83.0 Å². The van der Waals surface area contributed by atoms with Crippen LogP contribution >= 0.6 is 11.8 Å². The molecular weight excluding hydrogens is 362 g/mol. The standard InChI is InChI=1S/C18H13N7OS/c26-17(19-13-7-3-1-4-8-13)15-11-12-16(21-20-15)27-18-22-23-24-25(18)14-9-5-2-6-10-14/h1-12H,(H,19,26). The van der Waals surface area contributed by atoms with E-state index < -0.39 is 0 Å². The molecule has 0 saturated heterocycles. The molecule has 27 heavy (non-hydrogen) atoms. The molecule has 0 aliphatic carbocycles. The lowest BCUT2D eigenvalue weighted by Gasteiger charge is -2.05. The first kappa shape index (κ1) is 16.9. The number of amides is 1. The molecule has 0 radical (unpaired) electrons. The van der Waals surface area contributed by atoms with Crippen molar-refractivity contribution in [3.63, 3.8) is 0 Å². The van der Waals surface area contributed by atoms with E-state index in [9.17, 15) is 4.79 Å². The first-order valence-corrected chi connectivity index (χ1v) is 8.83. The summed E-state index contributed by atoms with van der Waals surface area (Å²) in [6, 6.07) is 22.1. The molecule has 9 heteroatoms. The number of hydrogen-bond acceptors (Lipinski definition) is 7. The van der Waals surface area contributed by atoms with E-state index in [4.69, 9.17) is 0 Å². The highest BCUT2D eigenvalue weighted by Crippen LogP contribution is 2.24. The van der Waals surface area contributed by atoms with Gasteiger partial charge < -0.3 is 5.32 Å². The zero-order valence-electron chi connectivity index (χ0n) is 13.9. The van der Waals surface area contributed by atoms with Crippen molar-refractivity contribution >= 4 is 23.4 Å². The molecule has 0 fully saturated rings. The molecule has 0 aliphatic heterocycles. The molecule has 0 atom stereocenters. The number of nitrogens with zero attached hydrogens (tertiary/aromatic N) is 6. The summed E-state index contributed by atoms with van der Waals surface area (Å²) in [4.78, 5) is 12.2. The van der Waals surface area contributed by atoms with Gasteiger partial charge in [-0.25, -0.2) is 0 Å². The van der Waals surface area contributed by atoms with Gasteiger partial charge in [-0.3, -0.25) is 4.79 Å². The fourth-order valence-corrected chi connectivity index (χ4v) is 2.99. The van der Waals surface area contributed by atoms with Gasteiger partial charge in [0, 0.05) is 5.69 Å². The van der Waals surface area contributed by atoms with Crippen LogP contribution < -0.4 is 5.32 Å². The van der Waals surface area contributed by atoms with Crippen LogP contribution in [0.2, 0.25) is 0 Å². The Bertz CT molecular complexity index is 1040. The molecule has 2 aromatic carbocycles. The summed E-state index contributed by atoms with van der Waals surface area (Å²) in [5, 5.41) is 23.7. The number of tetrazole rings is 1. The molecule has 1 N–H and O–H groups in total. The molecular formula is C18H13N7OS. The molecule has 0 spiro atoms. The van der Waals surface area contributed by atoms with Crippen LogP contribution in [-0.2, 0) is 0 Å². The van der Waals surface area contributed by atoms with Crippen LogP contribution in [0.4, 0.5) is 5.69 Å². The van der Waals surface area contributed by atoms with Crippen LogP contribution in [0.5, 0.6) is 0 Å². The van der Waals surface area contributed by atoms with Gasteiger partial charge in [-0.15, -0.1) is 15.3 Å². The summed E-state index contributed by atoms with van der Waals surface area (Å²) < 4.78 is 1.61. The summed E-state index contributed by atoms with van der Waals surface area (Å²) >= 11 is 1.26. The van der Waals surface area contributed by atoms with Crippen molar-refractivity contribution in [3.05, 3.63) is 78.5 Å². The average molecular weight is 375 g/mol. The lowest BCUT2D eigenvalue weighted by Crippen LogP contribution is -2.14. The predicted molar refractivity (Wildman–Crippen MR) is 99.7 cm³/mol. The average Bonchev–Trinajstić information content (AvgIpc) is 3.18. The molecule has 0 aliphatic rings. The fourth-order valence-electron chi connectivity index (χ4n) is 2.28. The number of para-hydroxylation sites is 2. The Hall–Kier alpha value is -3.59. The monoisotopic (exact) mass is 375 g/mol. The van der Waals surface area contributed by atoms with Crippen LogP contribution in [-0.4, -0.2) is 36.3 Å². The van der Waals surface area contributed by atoms with Gasteiger partial charge in [0.2, 0.25) is 5.16 Å². The van der Waals surface area contributed by atoms with Gasteiger partial charge >= 0.3 is 0 Å². The molecule has 0 saturated carbocycles. The van der Waals surface area contributed by atoms with Crippen molar-refractivity contribution in [2.24, 2.45) is 0 Å². The Morgan fingerprint density at radius 2 is 1.59 bits per heavy atom. The smallest absolute Gasteiger partial charge is 0.276 e. The zero-order valence-corrected chi connectivity index (χ0v) is 14.7. The fraction of sp³-hybridized carbons (Fsp3) is 0. The highest BCUT2D eigenvalue weighted by atomic mass is 32.2. The van der Waals surface area contributed by atoms with Crippen molar-refractivity contribution in [1.82, 2.24) is 30.4 Å². The van der Waals surface area contributed by atoms with Crippen LogP contribution in [0.25, 0.3) is 5.69 Å². The summed E-state index contributed by atoms with van der Waals surface area (Å²) in [7, 11) is 0. The number of rotatable bonds is 5. The maximum absolute atomic E-state index is 12.2. The Kier molecular flexibility index (Phi) is 4.84. The first-order valence-electron chi connectivity index (χ1n) is 8.01. The van der Waals surface area contributed by atoms with E-state index in [1.54, 1.807) is 28.9 Å². The van der Waals surface area contributed by atoms with Crippen molar-refractivity contribution in [3.8, 4) is 5.69 Å². The third kappa shape index (κ3) is 3.98. The molecule has 0 bridgehead atoms. The van der Waals surface area contributed by atoms with Crippen molar-refractivity contribution in [2.75, 3.05) is 5.32 Å². The summed E-state index contributed by atoms with van der Waals surface area (Å²) in [5.41, 5.74) is 1.77. The highest BCUT2D eigenvalue weighted by molar-refractivity contribution is 7.99. The van der Waals surface area contributed by atoms with Crippen LogP contribution in [0.1, 0.15) is 10.5 Å². The second kappa shape index (κ2) is 7.75. The second-order valence-corrected chi connectivity index (χ2v) is 6.38. The molecule has 2 heterocycles. The van der Waals surface area contributed by atoms with Gasteiger partial charge in [-0.2, -0.15) is 4.68 Å². The minimum Gasteiger partial charge on any atom is -0.321 e. The number of carbonyl (C=O) groups is 1. The first-order chi connectivity index (χ1) is 13.3.